The first-order chi connectivity index (χ1) is 8.78. The Morgan fingerprint density at radius 3 is 3.11 bits per heavy atom. The number of hydrogen-bond acceptors (Lipinski definition) is 2. The van der Waals surface area contributed by atoms with Crippen molar-refractivity contribution in [3.8, 4) is 5.69 Å². The average Bonchev–Trinajstić information content (AvgIpc) is 2.81. The van der Waals surface area contributed by atoms with E-state index >= 15 is 0 Å². The van der Waals surface area contributed by atoms with Gasteiger partial charge in [-0.1, -0.05) is 6.07 Å². The number of nitrogens with two attached hydrogens (primary N) is 1. The van der Waals surface area contributed by atoms with Crippen molar-refractivity contribution in [2.45, 2.75) is 19.3 Å². The lowest BCUT2D eigenvalue weighted by Gasteiger charge is -2.21. The molecule has 1 aromatic carbocycles. The van der Waals surface area contributed by atoms with E-state index in [-0.39, 0.29) is 5.82 Å². The van der Waals surface area contributed by atoms with Crippen molar-refractivity contribution in [3.05, 3.63) is 47.5 Å². The number of aromatic nitrogens is 2. The zero-order valence-electron chi connectivity index (χ0n) is 10.1. The van der Waals surface area contributed by atoms with Gasteiger partial charge in [0, 0.05) is 5.69 Å². The Labute approximate surface area is 105 Å². The van der Waals surface area contributed by atoms with Crippen molar-refractivity contribution in [1.82, 2.24) is 9.78 Å². The Bertz CT molecular complexity index is 562. The number of halogens is 1. The first-order valence-electron chi connectivity index (χ1n) is 6.29. The first kappa shape index (κ1) is 11.4. The molecule has 2 N–H and O–H groups in total. The maximum atomic E-state index is 13.3. The first-order valence-corrected chi connectivity index (χ1v) is 6.29. The minimum atomic E-state index is -0.229. The van der Waals surface area contributed by atoms with E-state index in [2.05, 4.69) is 5.10 Å². The molecule has 0 saturated carbocycles. The summed E-state index contributed by atoms with van der Waals surface area (Å²) in [7, 11) is 0. The van der Waals surface area contributed by atoms with Crippen LogP contribution < -0.4 is 5.73 Å². The normalized spacial score (nSPS) is 18.7. The lowest BCUT2D eigenvalue weighted by Crippen LogP contribution is -2.22. The number of benzene rings is 1. The minimum absolute atomic E-state index is 0.229. The van der Waals surface area contributed by atoms with Crippen molar-refractivity contribution >= 4 is 0 Å². The molecule has 94 valence electrons. The molecule has 1 aliphatic carbocycles. The summed E-state index contributed by atoms with van der Waals surface area (Å²) < 4.78 is 15.1. The van der Waals surface area contributed by atoms with Crippen LogP contribution in [0, 0.1) is 11.7 Å². The van der Waals surface area contributed by atoms with Crippen LogP contribution in [0.15, 0.2) is 30.5 Å². The fourth-order valence-corrected chi connectivity index (χ4v) is 2.63. The Balaban J connectivity index is 1.98. The second kappa shape index (κ2) is 4.53. The van der Waals surface area contributed by atoms with Gasteiger partial charge in [0.05, 0.1) is 11.9 Å². The van der Waals surface area contributed by atoms with E-state index in [4.69, 9.17) is 5.73 Å². The smallest absolute Gasteiger partial charge is 0.125 e. The molecule has 1 unspecified atom stereocenters. The summed E-state index contributed by atoms with van der Waals surface area (Å²) in [5, 5.41) is 4.39. The quantitative estimate of drug-likeness (QED) is 0.880. The van der Waals surface area contributed by atoms with Crippen LogP contribution in [0.25, 0.3) is 5.69 Å². The molecule has 0 aliphatic heterocycles. The number of nitrogens with zero attached hydrogens (tertiary/aromatic N) is 2. The standard InChI is InChI=1S/C14H16FN3/c15-12-2-1-3-13(7-12)18-14-5-4-10(8-16)6-11(14)9-17-18/h1-3,7,9-10H,4-6,8,16H2. The van der Waals surface area contributed by atoms with Crippen LogP contribution in [0.2, 0.25) is 0 Å². The van der Waals surface area contributed by atoms with E-state index in [1.165, 1.54) is 23.4 Å². The van der Waals surface area contributed by atoms with Crippen LogP contribution in [-0.4, -0.2) is 16.3 Å². The van der Waals surface area contributed by atoms with Gasteiger partial charge >= 0.3 is 0 Å². The van der Waals surface area contributed by atoms with Gasteiger partial charge in [0.25, 0.3) is 0 Å². The summed E-state index contributed by atoms with van der Waals surface area (Å²) >= 11 is 0. The summed E-state index contributed by atoms with van der Waals surface area (Å²) in [6, 6.07) is 6.56. The third-order valence-electron chi connectivity index (χ3n) is 3.64. The van der Waals surface area contributed by atoms with Crippen LogP contribution in [0.4, 0.5) is 4.39 Å². The van der Waals surface area contributed by atoms with Crippen molar-refractivity contribution in [1.29, 1.82) is 0 Å². The second-order valence-corrected chi connectivity index (χ2v) is 4.85. The minimum Gasteiger partial charge on any atom is -0.330 e. The molecule has 0 bridgehead atoms. The molecule has 0 saturated heterocycles. The lowest BCUT2D eigenvalue weighted by molar-refractivity contribution is 0.462. The maximum Gasteiger partial charge on any atom is 0.125 e. The van der Waals surface area contributed by atoms with Gasteiger partial charge in [-0.25, -0.2) is 9.07 Å². The molecule has 0 amide bonds. The fraction of sp³-hybridized carbons (Fsp3) is 0.357. The van der Waals surface area contributed by atoms with E-state index in [9.17, 15) is 4.39 Å². The van der Waals surface area contributed by atoms with Gasteiger partial charge in [-0.2, -0.15) is 5.10 Å². The summed E-state index contributed by atoms with van der Waals surface area (Å²) in [6.45, 7) is 0.727. The van der Waals surface area contributed by atoms with Crippen LogP contribution in [0.1, 0.15) is 17.7 Å². The van der Waals surface area contributed by atoms with Gasteiger partial charge < -0.3 is 5.73 Å². The van der Waals surface area contributed by atoms with Gasteiger partial charge in [-0.05, 0) is 55.5 Å². The monoisotopic (exact) mass is 245 g/mol. The topological polar surface area (TPSA) is 43.8 Å². The third-order valence-corrected chi connectivity index (χ3v) is 3.64. The third kappa shape index (κ3) is 1.93. The van der Waals surface area contributed by atoms with Crippen LogP contribution in [-0.2, 0) is 12.8 Å². The van der Waals surface area contributed by atoms with Gasteiger partial charge in [0.2, 0.25) is 0 Å². The molecule has 1 heterocycles. The molecular weight excluding hydrogens is 229 g/mol. The van der Waals surface area contributed by atoms with Crippen LogP contribution >= 0.6 is 0 Å². The van der Waals surface area contributed by atoms with Gasteiger partial charge in [-0.15, -0.1) is 0 Å². The van der Waals surface area contributed by atoms with Crippen molar-refractivity contribution in [3.63, 3.8) is 0 Å². The Hall–Kier alpha value is -1.68. The highest BCUT2D eigenvalue weighted by atomic mass is 19.1. The SMILES string of the molecule is NCC1CCc2c(cnn2-c2cccc(F)c2)C1. The summed E-state index contributed by atoms with van der Waals surface area (Å²) in [4.78, 5) is 0. The molecule has 1 atom stereocenters. The fourth-order valence-electron chi connectivity index (χ4n) is 2.63. The van der Waals surface area contributed by atoms with Crippen molar-refractivity contribution < 1.29 is 4.39 Å². The van der Waals surface area contributed by atoms with Crippen LogP contribution in [0.3, 0.4) is 0 Å². The maximum absolute atomic E-state index is 13.3. The molecule has 0 radical (unpaired) electrons. The molecule has 0 fully saturated rings. The van der Waals surface area contributed by atoms with Gasteiger partial charge in [0.15, 0.2) is 0 Å². The molecule has 1 aliphatic rings. The Kier molecular flexibility index (Phi) is 2.88. The van der Waals surface area contributed by atoms with Crippen molar-refractivity contribution in [2.75, 3.05) is 6.54 Å². The van der Waals surface area contributed by atoms with E-state index in [0.717, 1.165) is 31.5 Å². The van der Waals surface area contributed by atoms with Gasteiger partial charge in [0.1, 0.15) is 5.82 Å². The van der Waals surface area contributed by atoms with E-state index in [0.29, 0.717) is 5.92 Å². The zero-order valence-corrected chi connectivity index (χ0v) is 10.1. The highest BCUT2D eigenvalue weighted by Gasteiger charge is 2.21. The summed E-state index contributed by atoms with van der Waals surface area (Å²) in [5.41, 5.74) is 8.97. The Morgan fingerprint density at radius 1 is 1.44 bits per heavy atom. The molecule has 0 spiro atoms. The lowest BCUT2D eigenvalue weighted by atomic mass is 9.88. The second-order valence-electron chi connectivity index (χ2n) is 4.85. The predicted molar refractivity (Wildman–Crippen MR) is 68.1 cm³/mol. The van der Waals surface area contributed by atoms with E-state index in [1.54, 1.807) is 6.07 Å². The largest absolute Gasteiger partial charge is 0.330 e. The average molecular weight is 245 g/mol. The van der Waals surface area contributed by atoms with Gasteiger partial charge in [-0.3, -0.25) is 0 Å². The molecule has 3 rings (SSSR count). The number of hydrogen-bond donors (Lipinski definition) is 1. The van der Waals surface area contributed by atoms with Crippen molar-refractivity contribution in [2.24, 2.45) is 11.7 Å². The number of rotatable bonds is 2. The van der Waals surface area contributed by atoms with E-state index < -0.39 is 0 Å². The highest BCUT2D eigenvalue weighted by molar-refractivity contribution is 5.36. The predicted octanol–water partition coefficient (Wildman–Crippen LogP) is 2.08. The number of fused-ring (bicyclic) bond motifs is 1. The molecule has 18 heavy (non-hydrogen) atoms. The summed E-state index contributed by atoms with van der Waals surface area (Å²) in [5.74, 6) is 0.329. The highest BCUT2D eigenvalue weighted by Crippen LogP contribution is 2.26. The molecule has 3 nitrogen and oxygen atoms in total. The van der Waals surface area contributed by atoms with E-state index in [1.807, 2.05) is 16.9 Å². The molecular formula is C14H16FN3. The summed E-state index contributed by atoms with van der Waals surface area (Å²) in [6.07, 6.45) is 4.93. The van der Waals surface area contributed by atoms with Crippen LogP contribution in [0.5, 0.6) is 0 Å². The zero-order chi connectivity index (χ0) is 12.5. The Morgan fingerprint density at radius 2 is 2.33 bits per heavy atom. The molecule has 2 aromatic rings. The molecule has 4 heteroatoms. The molecule has 1 aromatic heterocycles.